The number of nitrogens with zero attached hydrogens (tertiary/aromatic N) is 4. The van der Waals surface area contributed by atoms with Crippen molar-refractivity contribution in [2.45, 2.75) is 71.1 Å². The Hall–Kier alpha value is -5.03. The van der Waals surface area contributed by atoms with Crippen LogP contribution in [-0.2, 0) is 16.1 Å². The summed E-state index contributed by atoms with van der Waals surface area (Å²) < 4.78 is 15.7. The van der Waals surface area contributed by atoms with Crippen LogP contribution in [0.4, 0.5) is 5.69 Å². The molecule has 0 saturated heterocycles. The summed E-state index contributed by atoms with van der Waals surface area (Å²) in [6, 6.07) is 24.0. The molecule has 0 bridgehead atoms. The van der Waals surface area contributed by atoms with Crippen molar-refractivity contribution in [1.29, 1.82) is 5.26 Å². The predicted molar refractivity (Wildman–Crippen MR) is 180 cm³/mol. The van der Waals surface area contributed by atoms with Crippen molar-refractivity contribution in [3.05, 3.63) is 89.3 Å². The Morgan fingerprint density at radius 1 is 0.978 bits per heavy atom. The molecule has 2 atom stereocenters. The van der Waals surface area contributed by atoms with E-state index in [1.807, 2.05) is 24.3 Å². The van der Waals surface area contributed by atoms with Gasteiger partial charge in [-0.1, -0.05) is 44.9 Å². The van der Waals surface area contributed by atoms with Gasteiger partial charge in [0.1, 0.15) is 11.6 Å². The van der Waals surface area contributed by atoms with E-state index in [-0.39, 0.29) is 12.5 Å². The van der Waals surface area contributed by atoms with Crippen molar-refractivity contribution in [2.75, 3.05) is 18.0 Å². The molecule has 7 rings (SSSR count). The molecule has 234 valence electrons. The lowest BCUT2D eigenvalue weighted by Crippen LogP contribution is -2.25. The Balaban J connectivity index is 1.41. The van der Waals surface area contributed by atoms with E-state index < -0.39 is 12.1 Å². The second-order valence-corrected chi connectivity index (χ2v) is 12.2. The fourth-order valence-electron chi connectivity index (χ4n) is 6.99. The van der Waals surface area contributed by atoms with Gasteiger partial charge in [-0.05, 0) is 61.7 Å². The first-order chi connectivity index (χ1) is 22.5. The van der Waals surface area contributed by atoms with Crippen LogP contribution in [0.5, 0.6) is 0 Å². The zero-order valence-electron chi connectivity index (χ0n) is 26.3. The van der Waals surface area contributed by atoms with Gasteiger partial charge in [-0.25, -0.2) is 4.99 Å². The molecule has 2 unspecified atom stereocenters. The molecule has 0 spiro atoms. The Morgan fingerprint density at radius 2 is 1.74 bits per heavy atom. The number of furan rings is 1. The maximum absolute atomic E-state index is 11.5. The van der Waals surface area contributed by atoms with Crippen LogP contribution in [0.2, 0.25) is 0 Å². The minimum Gasteiger partial charge on any atom is -0.481 e. The highest BCUT2D eigenvalue weighted by Crippen LogP contribution is 2.57. The molecule has 1 aliphatic carbocycles. The number of aliphatic carboxylic acids is 1. The number of para-hydroxylation sites is 1. The minimum absolute atomic E-state index is 0.0842. The summed E-state index contributed by atoms with van der Waals surface area (Å²) >= 11 is 0. The summed E-state index contributed by atoms with van der Waals surface area (Å²) in [7, 11) is 0. The summed E-state index contributed by atoms with van der Waals surface area (Å²) in [6.45, 7) is 7.01. The summed E-state index contributed by atoms with van der Waals surface area (Å²) in [5, 5.41) is 20.9. The molecule has 1 N–H and O–H groups in total. The van der Waals surface area contributed by atoms with Crippen LogP contribution in [0.1, 0.15) is 87.1 Å². The smallest absolute Gasteiger partial charge is 0.303 e. The van der Waals surface area contributed by atoms with E-state index in [1.165, 1.54) is 0 Å². The van der Waals surface area contributed by atoms with E-state index in [2.05, 4.69) is 59.7 Å². The van der Waals surface area contributed by atoms with Crippen molar-refractivity contribution >= 4 is 39.4 Å². The van der Waals surface area contributed by atoms with Crippen LogP contribution in [-0.4, -0.2) is 34.6 Å². The normalized spacial score (nSPS) is 16.4. The lowest BCUT2D eigenvalue weighted by atomic mass is 9.87. The maximum Gasteiger partial charge on any atom is 0.303 e. The first-order valence-corrected chi connectivity index (χ1v) is 16.4. The molecule has 2 aliphatic rings. The molecule has 0 radical (unpaired) electrons. The monoisotopic (exact) mass is 614 g/mol. The number of aryl methyl sites for hydroxylation is 1. The fraction of sp³-hybridized carbons (Fsp3) is 0.342. The minimum atomic E-state index is -0.806. The molecule has 46 heavy (non-hydrogen) atoms. The van der Waals surface area contributed by atoms with E-state index in [4.69, 9.17) is 14.1 Å². The zero-order chi connectivity index (χ0) is 31.8. The molecule has 0 amide bonds. The first kappa shape index (κ1) is 29.7. The van der Waals surface area contributed by atoms with E-state index in [0.29, 0.717) is 24.4 Å². The van der Waals surface area contributed by atoms with Gasteiger partial charge in [-0.15, -0.1) is 0 Å². The quantitative estimate of drug-likeness (QED) is 0.151. The number of hydrogen-bond donors (Lipinski definition) is 1. The zero-order valence-corrected chi connectivity index (χ0v) is 26.3. The van der Waals surface area contributed by atoms with Gasteiger partial charge < -0.3 is 23.7 Å². The van der Waals surface area contributed by atoms with E-state index in [0.717, 1.165) is 94.5 Å². The van der Waals surface area contributed by atoms with Gasteiger partial charge in [0.05, 0.1) is 17.3 Å². The highest BCUT2D eigenvalue weighted by molar-refractivity contribution is 6.09. The SMILES string of the molecule is CCCCN(CCCC)c1ccc2c3c(oc2c1)C1OC(c2ccc(C#N)cc2)=NC1c1c-3c2ccccc2n1CCCC(=O)O. The van der Waals surface area contributed by atoms with Gasteiger partial charge >= 0.3 is 5.97 Å². The van der Waals surface area contributed by atoms with Crippen molar-refractivity contribution < 1.29 is 19.1 Å². The number of unbranched alkanes of at least 4 members (excludes halogenated alkanes) is 2. The molecule has 1 aliphatic heterocycles. The standard InChI is InChI=1S/C38H38N4O4/c1-3-5-19-41(20-6-4-2)26-17-18-28-30(22-26)45-36-33(28)32-27-10-7-8-11-29(27)42(21-9-12-31(43)44)35(32)34-37(36)46-38(40-34)25-15-13-24(23-39)14-16-25/h7-8,10-11,13-18,22,34,37H,3-6,9,12,19-21H2,1-2H3,(H,43,44). The third kappa shape index (κ3) is 5.10. The number of carboxylic acid groups (broad SMARTS) is 1. The van der Waals surface area contributed by atoms with E-state index in [9.17, 15) is 15.2 Å². The van der Waals surface area contributed by atoms with E-state index in [1.54, 1.807) is 12.1 Å². The molecule has 8 nitrogen and oxygen atoms in total. The lowest BCUT2D eigenvalue weighted by Gasteiger charge is -2.25. The number of carbonyl (C=O) groups is 1. The van der Waals surface area contributed by atoms with Crippen molar-refractivity contribution in [3.8, 4) is 17.2 Å². The summed E-state index contributed by atoms with van der Waals surface area (Å²) in [5.41, 5.74) is 7.52. The number of rotatable bonds is 12. The number of aromatic nitrogens is 1. The number of fused-ring (bicyclic) bond motifs is 10. The lowest BCUT2D eigenvalue weighted by molar-refractivity contribution is -0.137. The molecule has 0 fully saturated rings. The van der Waals surface area contributed by atoms with Crippen LogP contribution in [0, 0.1) is 11.3 Å². The van der Waals surface area contributed by atoms with Crippen molar-refractivity contribution in [3.63, 3.8) is 0 Å². The Labute approximate surface area is 268 Å². The highest BCUT2D eigenvalue weighted by atomic mass is 16.5. The molecule has 2 aromatic heterocycles. The van der Waals surface area contributed by atoms with E-state index >= 15 is 0 Å². The van der Waals surface area contributed by atoms with Gasteiger partial charge in [-0.3, -0.25) is 4.79 Å². The van der Waals surface area contributed by atoms with Crippen LogP contribution in [0.3, 0.4) is 0 Å². The van der Waals surface area contributed by atoms with Crippen LogP contribution < -0.4 is 4.90 Å². The van der Waals surface area contributed by atoms with Gasteiger partial charge in [0.2, 0.25) is 5.90 Å². The second-order valence-electron chi connectivity index (χ2n) is 12.2. The second kappa shape index (κ2) is 12.4. The Kier molecular flexibility index (Phi) is 8.00. The van der Waals surface area contributed by atoms with Crippen molar-refractivity contribution in [2.24, 2.45) is 4.99 Å². The average Bonchev–Trinajstić information content (AvgIpc) is 3.77. The van der Waals surface area contributed by atoms with Gasteiger partial charge in [0, 0.05) is 70.8 Å². The van der Waals surface area contributed by atoms with Gasteiger partial charge in [0.25, 0.3) is 0 Å². The Morgan fingerprint density at radius 3 is 2.46 bits per heavy atom. The number of ether oxygens (including phenoxy) is 1. The summed E-state index contributed by atoms with van der Waals surface area (Å²) in [6.07, 6.45) is 4.65. The molecule has 5 aromatic rings. The largest absolute Gasteiger partial charge is 0.481 e. The number of anilines is 1. The average molecular weight is 615 g/mol. The molecule has 3 heterocycles. The fourth-order valence-corrected chi connectivity index (χ4v) is 6.99. The predicted octanol–water partition coefficient (Wildman–Crippen LogP) is 8.77. The number of hydrogen-bond acceptors (Lipinski definition) is 6. The third-order valence-electron chi connectivity index (χ3n) is 9.24. The topological polar surface area (TPSA) is 104 Å². The maximum atomic E-state index is 11.5. The third-order valence-corrected chi connectivity index (χ3v) is 9.24. The summed E-state index contributed by atoms with van der Waals surface area (Å²) in [4.78, 5) is 19.1. The van der Waals surface area contributed by atoms with Gasteiger partial charge in [-0.2, -0.15) is 5.26 Å². The van der Waals surface area contributed by atoms with Crippen LogP contribution in [0.25, 0.3) is 33.0 Å². The highest BCUT2D eigenvalue weighted by Gasteiger charge is 2.47. The molecule has 8 heteroatoms. The number of nitriles is 1. The first-order valence-electron chi connectivity index (χ1n) is 16.4. The Bertz CT molecular complexity index is 1990. The number of aliphatic imine (C=N–C) groups is 1. The van der Waals surface area contributed by atoms with Crippen LogP contribution >= 0.6 is 0 Å². The molecular weight excluding hydrogens is 576 g/mol. The molecule has 3 aromatic carbocycles. The van der Waals surface area contributed by atoms with Gasteiger partial charge in [0.15, 0.2) is 11.9 Å². The van der Waals surface area contributed by atoms with Crippen molar-refractivity contribution in [1.82, 2.24) is 4.57 Å². The summed E-state index contributed by atoms with van der Waals surface area (Å²) in [5.74, 6) is 0.464. The molecule has 0 saturated carbocycles. The number of benzene rings is 3. The number of carboxylic acids is 1. The van der Waals surface area contributed by atoms with Crippen LogP contribution in [0.15, 0.2) is 76.1 Å². The molecular formula is C38H38N4O4.